The fourth-order valence-corrected chi connectivity index (χ4v) is 3.65. The van der Waals surface area contributed by atoms with Gasteiger partial charge in [-0.15, -0.1) is 0 Å². The predicted molar refractivity (Wildman–Crippen MR) is 129 cm³/mol. The molecule has 1 aromatic heterocycles. The number of nitrogens with one attached hydrogen (secondary N) is 1. The van der Waals surface area contributed by atoms with Gasteiger partial charge in [-0.05, 0) is 73.5 Å². The van der Waals surface area contributed by atoms with Crippen molar-refractivity contribution in [3.63, 3.8) is 0 Å². The van der Waals surface area contributed by atoms with Crippen LogP contribution in [-0.2, 0) is 13.2 Å². The third-order valence-corrected chi connectivity index (χ3v) is 5.39. The van der Waals surface area contributed by atoms with Gasteiger partial charge in [0.25, 0.3) is 5.91 Å². The molecule has 4 rings (SSSR count). The van der Waals surface area contributed by atoms with Gasteiger partial charge in [-0.3, -0.25) is 4.79 Å². The molecule has 1 amide bonds. The number of nitrogens with zero attached hydrogens (tertiary/aromatic N) is 3. The van der Waals surface area contributed by atoms with Gasteiger partial charge in [-0.1, -0.05) is 12.1 Å². The quantitative estimate of drug-likeness (QED) is 0.301. The van der Waals surface area contributed by atoms with E-state index in [0.717, 1.165) is 34.5 Å². The van der Waals surface area contributed by atoms with E-state index in [1.54, 1.807) is 49.6 Å². The third kappa shape index (κ3) is 5.06. The molecular formula is C26H25FN4O3. The van der Waals surface area contributed by atoms with E-state index in [9.17, 15) is 9.18 Å². The van der Waals surface area contributed by atoms with E-state index in [0.29, 0.717) is 17.1 Å². The molecule has 8 heteroatoms. The highest BCUT2D eigenvalue weighted by Crippen LogP contribution is 2.28. The number of halogens is 1. The highest BCUT2D eigenvalue weighted by atomic mass is 19.1. The van der Waals surface area contributed by atoms with Crippen LogP contribution in [0.25, 0.3) is 11.0 Å². The molecule has 0 radical (unpaired) electrons. The van der Waals surface area contributed by atoms with Crippen molar-refractivity contribution in [2.24, 2.45) is 5.10 Å². The zero-order chi connectivity index (χ0) is 24.1. The lowest BCUT2D eigenvalue weighted by Gasteiger charge is -2.11. The Morgan fingerprint density at radius 1 is 1.12 bits per heavy atom. The Balaban J connectivity index is 1.40. The number of carbonyl (C=O) groups excluding carboxylic acids is 1. The summed E-state index contributed by atoms with van der Waals surface area (Å²) in [6.07, 6.45) is 1.53. The highest BCUT2D eigenvalue weighted by molar-refractivity contribution is 5.98. The van der Waals surface area contributed by atoms with Gasteiger partial charge in [0, 0.05) is 12.1 Å². The smallest absolute Gasteiger partial charge is 0.271 e. The van der Waals surface area contributed by atoms with Gasteiger partial charge in [0.05, 0.1) is 24.4 Å². The number of hydrogen-bond donors (Lipinski definition) is 1. The number of amides is 1. The Kier molecular flexibility index (Phi) is 6.87. The number of rotatable bonds is 8. The molecule has 174 valence electrons. The maximum absolute atomic E-state index is 13.0. The SMILES string of the molecule is CCn1c(C)nc2cc(C(=O)N/N=C\c3ccc(OCc4ccc(F)cc4)c(OC)c3)ccc21. The molecular weight excluding hydrogens is 435 g/mol. The number of ether oxygens (including phenoxy) is 2. The Morgan fingerprint density at radius 3 is 2.65 bits per heavy atom. The van der Waals surface area contributed by atoms with Crippen LogP contribution in [0.1, 0.15) is 34.2 Å². The van der Waals surface area contributed by atoms with Crippen LogP contribution < -0.4 is 14.9 Å². The van der Waals surface area contributed by atoms with E-state index in [1.807, 2.05) is 13.0 Å². The summed E-state index contributed by atoms with van der Waals surface area (Å²) in [6.45, 7) is 5.10. The van der Waals surface area contributed by atoms with Crippen molar-refractivity contribution in [2.75, 3.05) is 7.11 Å². The fraction of sp³-hybridized carbons (Fsp3) is 0.192. The molecule has 0 fully saturated rings. The zero-order valence-corrected chi connectivity index (χ0v) is 19.2. The zero-order valence-electron chi connectivity index (χ0n) is 19.2. The molecule has 1 heterocycles. The first-order chi connectivity index (χ1) is 16.5. The topological polar surface area (TPSA) is 77.7 Å². The van der Waals surface area contributed by atoms with Crippen molar-refractivity contribution in [3.8, 4) is 11.5 Å². The molecule has 3 aromatic carbocycles. The fourth-order valence-electron chi connectivity index (χ4n) is 3.65. The first-order valence-electron chi connectivity index (χ1n) is 10.8. The highest BCUT2D eigenvalue weighted by Gasteiger charge is 2.11. The lowest BCUT2D eigenvalue weighted by atomic mass is 10.2. The monoisotopic (exact) mass is 460 g/mol. The number of imidazole rings is 1. The molecule has 7 nitrogen and oxygen atoms in total. The predicted octanol–water partition coefficient (Wildman–Crippen LogP) is 4.86. The Labute approximate surface area is 196 Å². The number of methoxy groups -OCH3 is 1. The lowest BCUT2D eigenvalue weighted by Crippen LogP contribution is -2.17. The lowest BCUT2D eigenvalue weighted by molar-refractivity contribution is 0.0955. The molecule has 1 N–H and O–H groups in total. The van der Waals surface area contributed by atoms with Crippen molar-refractivity contribution < 1.29 is 18.7 Å². The minimum absolute atomic E-state index is 0.278. The molecule has 0 unspecified atom stereocenters. The van der Waals surface area contributed by atoms with E-state index in [1.165, 1.54) is 18.3 Å². The number of carbonyl (C=O) groups is 1. The molecule has 0 atom stereocenters. The van der Waals surface area contributed by atoms with Crippen LogP contribution in [0.2, 0.25) is 0 Å². The van der Waals surface area contributed by atoms with E-state index < -0.39 is 0 Å². The summed E-state index contributed by atoms with van der Waals surface area (Å²) < 4.78 is 26.3. The van der Waals surface area contributed by atoms with Gasteiger partial charge < -0.3 is 14.0 Å². The van der Waals surface area contributed by atoms with Crippen LogP contribution in [0.15, 0.2) is 65.8 Å². The Hall–Kier alpha value is -4.20. The summed E-state index contributed by atoms with van der Waals surface area (Å²) in [4.78, 5) is 17.1. The first-order valence-corrected chi connectivity index (χ1v) is 10.8. The van der Waals surface area contributed by atoms with E-state index in [2.05, 4.69) is 27.0 Å². The van der Waals surface area contributed by atoms with Crippen LogP contribution >= 0.6 is 0 Å². The second-order valence-corrected chi connectivity index (χ2v) is 7.63. The number of hydrogen-bond acceptors (Lipinski definition) is 5. The average molecular weight is 461 g/mol. The van der Waals surface area contributed by atoms with Gasteiger partial charge >= 0.3 is 0 Å². The third-order valence-electron chi connectivity index (χ3n) is 5.39. The van der Waals surface area contributed by atoms with Crippen molar-refractivity contribution in [1.29, 1.82) is 0 Å². The van der Waals surface area contributed by atoms with Crippen LogP contribution in [0.3, 0.4) is 0 Å². The summed E-state index contributed by atoms with van der Waals surface area (Å²) in [5.41, 5.74) is 6.35. The molecule has 0 saturated carbocycles. The van der Waals surface area contributed by atoms with Crippen LogP contribution in [0.5, 0.6) is 11.5 Å². The van der Waals surface area contributed by atoms with Crippen molar-refractivity contribution >= 4 is 23.2 Å². The van der Waals surface area contributed by atoms with Crippen molar-refractivity contribution in [2.45, 2.75) is 27.0 Å². The van der Waals surface area contributed by atoms with Crippen LogP contribution in [-0.4, -0.2) is 28.8 Å². The van der Waals surface area contributed by atoms with E-state index in [4.69, 9.17) is 9.47 Å². The van der Waals surface area contributed by atoms with Crippen molar-refractivity contribution in [1.82, 2.24) is 15.0 Å². The maximum Gasteiger partial charge on any atom is 0.271 e. The molecule has 0 bridgehead atoms. The van der Waals surface area contributed by atoms with Crippen LogP contribution in [0.4, 0.5) is 4.39 Å². The van der Waals surface area contributed by atoms with Crippen molar-refractivity contribution in [3.05, 3.63) is 89.0 Å². The summed E-state index contributed by atoms with van der Waals surface area (Å²) in [5, 5.41) is 4.06. The summed E-state index contributed by atoms with van der Waals surface area (Å²) >= 11 is 0. The molecule has 34 heavy (non-hydrogen) atoms. The molecule has 0 saturated heterocycles. The van der Waals surface area contributed by atoms with Gasteiger partial charge in [-0.25, -0.2) is 14.8 Å². The second-order valence-electron chi connectivity index (χ2n) is 7.63. The van der Waals surface area contributed by atoms with E-state index in [-0.39, 0.29) is 18.3 Å². The minimum Gasteiger partial charge on any atom is -0.493 e. The maximum atomic E-state index is 13.0. The van der Waals surface area contributed by atoms with Crippen LogP contribution in [0, 0.1) is 12.7 Å². The van der Waals surface area contributed by atoms with E-state index >= 15 is 0 Å². The largest absolute Gasteiger partial charge is 0.493 e. The van der Waals surface area contributed by atoms with Gasteiger partial charge in [0.15, 0.2) is 11.5 Å². The molecule has 0 aliphatic carbocycles. The minimum atomic E-state index is -0.326. The number of aromatic nitrogens is 2. The molecule has 0 aliphatic rings. The normalized spacial score (nSPS) is 11.2. The second kappa shape index (κ2) is 10.2. The van der Waals surface area contributed by atoms with Gasteiger partial charge in [0.2, 0.25) is 0 Å². The average Bonchev–Trinajstić information content (AvgIpc) is 3.17. The summed E-state index contributed by atoms with van der Waals surface area (Å²) in [5.74, 6) is 1.35. The Morgan fingerprint density at radius 2 is 1.91 bits per heavy atom. The molecule has 0 spiro atoms. The molecule has 0 aliphatic heterocycles. The number of aryl methyl sites for hydroxylation is 2. The number of hydrazone groups is 1. The summed E-state index contributed by atoms with van der Waals surface area (Å²) in [6, 6.07) is 16.8. The number of benzene rings is 3. The van der Waals surface area contributed by atoms with Gasteiger partial charge in [0.1, 0.15) is 18.2 Å². The number of fused-ring (bicyclic) bond motifs is 1. The summed E-state index contributed by atoms with van der Waals surface area (Å²) in [7, 11) is 1.54. The Bertz CT molecular complexity index is 1350. The van der Waals surface area contributed by atoms with Gasteiger partial charge in [-0.2, -0.15) is 5.10 Å². The standard InChI is InChI=1S/C26H25FN4O3/c1-4-31-17(2)29-22-14-20(8-11-23(22)31)26(32)30-28-15-19-7-12-24(25(13-19)33-3)34-16-18-5-9-21(27)10-6-18/h5-15H,4,16H2,1-3H3,(H,30,32)/b28-15-. The first kappa shape index (κ1) is 23.0. The molecule has 4 aromatic rings.